The van der Waals surface area contributed by atoms with E-state index in [9.17, 15) is 9.59 Å². The van der Waals surface area contributed by atoms with Crippen LogP contribution in [0.2, 0.25) is 0 Å². The molecule has 1 saturated heterocycles. The molecule has 23 heavy (non-hydrogen) atoms. The molecule has 8 heteroatoms. The molecule has 2 aliphatic rings. The number of nitrogens with one attached hydrogen (secondary N) is 1. The molecular weight excluding hydrogens is 339 g/mol. The first-order valence-corrected chi connectivity index (χ1v) is 8.16. The van der Waals surface area contributed by atoms with Gasteiger partial charge in [-0.3, -0.25) is 14.5 Å². The number of rotatable bonds is 5. The third kappa shape index (κ3) is 7.70. The summed E-state index contributed by atoms with van der Waals surface area (Å²) in [5, 5.41) is 2.54. The molecule has 0 unspecified atom stereocenters. The smallest absolute Gasteiger partial charge is 0.242 e. The number of amides is 2. The van der Waals surface area contributed by atoms with E-state index in [1.54, 1.807) is 0 Å². The van der Waals surface area contributed by atoms with E-state index < -0.39 is 0 Å². The third-order valence-corrected chi connectivity index (χ3v) is 4.59. The van der Waals surface area contributed by atoms with Crippen LogP contribution < -0.4 is 11.1 Å². The topological polar surface area (TPSA) is 78.7 Å². The average molecular weight is 369 g/mol. The Hall–Kier alpha value is -0.560. The lowest BCUT2D eigenvalue weighted by Gasteiger charge is -2.37. The first-order chi connectivity index (χ1) is 10.2. The van der Waals surface area contributed by atoms with Gasteiger partial charge in [-0.2, -0.15) is 0 Å². The molecule has 2 fully saturated rings. The largest absolute Gasteiger partial charge is 0.346 e. The van der Waals surface area contributed by atoms with Gasteiger partial charge in [0.05, 0.1) is 13.1 Å². The Kier molecular flexibility index (Phi) is 11.6. The van der Waals surface area contributed by atoms with Crippen molar-refractivity contribution in [1.29, 1.82) is 0 Å². The van der Waals surface area contributed by atoms with E-state index in [4.69, 9.17) is 5.73 Å². The van der Waals surface area contributed by atoms with E-state index in [0.717, 1.165) is 32.1 Å². The van der Waals surface area contributed by atoms with Gasteiger partial charge >= 0.3 is 0 Å². The second-order valence-corrected chi connectivity index (χ2v) is 6.17. The predicted octanol–water partition coefficient (Wildman–Crippen LogP) is 0.629. The Balaban J connectivity index is 0.00000242. The maximum atomic E-state index is 12.0. The second-order valence-electron chi connectivity index (χ2n) is 6.17. The second kappa shape index (κ2) is 11.9. The van der Waals surface area contributed by atoms with E-state index in [1.807, 2.05) is 4.90 Å². The lowest BCUT2D eigenvalue weighted by Crippen LogP contribution is -2.52. The molecule has 136 valence electrons. The number of carbonyl (C=O) groups excluding carboxylic acids is 2. The van der Waals surface area contributed by atoms with E-state index in [2.05, 4.69) is 10.2 Å². The molecule has 0 bridgehead atoms. The van der Waals surface area contributed by atoms with Crippen molar-refractivity contribution in [1.82, 2.24) is 15.1 Å². The number of hydrogen-bond acceptors (Lipinski definition) is 4. The summed E-state index contributed by atoms with van der Waals surface area (Å²) in [5.41, 5.74) is 5.20. The SMILES string of the molecule is Cl.Cl.NCC(=O)NCC(=O)N1CCN(CC2CCCCC2)CC1. The highest BCUT2D eigenvalue weighted by molar-refractivity contribution is 5.86. The van der Waals surface area contributed by atoms with Crippen LogP contribution in [0.15, 0.2) is 0 Å². The first-order valence-electron chi connectivity index (χ1n) is 8.16. The minimum atomic E-state index is -0.278. The van der Waals surface area contributed by atoms with Crippen molar-refractivity contribution >= 4 is 36.6 Å². The van der Waals surface area contributed by atoms with Crippen molar-refractivity contribution in [3.05, 3.63) is 0 Å². The van der Waals surface area contributed by atoms with E-state index >= 15 is 0 Å². The van der Waals surface area contributed by atoms with Crippen LogP contribution in [0.25, 0.3) is 0 Å². The Labute approximate surface area is 151 Å². The molecule has 0 aromatic rings. The number of nitrogens with zero attached hydrogens (tertiary/aromatic N) is 2. The summed E-state index contributed by atoms with van der Waals surface area (Å²) >= 11 is 0. The third-order valence-electron chi connectivity index (χ3n) is 4.59. The van der Waals surface area contributed by atoms with Crippen LogP contribution in [0.4, 0.5) is 0 Å². The van der Waals surface area contributed by atoms with Gasteiger partial charge in [0, 0.05) is 32.7 Å². The molecule has 1 heterocycles. The van der Waals surface area contributed by atoms with Crippen molar-refractivity contribution in [2.24, 2.45) is 11.7 Å². The Morgan fingerprint density at radius 1 is 1.00 bits per heavy atom. The molecule has 0 aromatic heterocycles. The number of carbonyl (C=O) groups is 2. The summed E-state index contributed by atoms with van der Waals surface area (Å²) in [7, 11) is 0. The number of piperazine rings is 1. The Bertz CT molecular complexity index is 357. The van der Waals surface area contributed by atoms with Gasteiger partial charge in [0.2, 0.25) is 11.8 Å². The molecule has 1 aliphatic heterocycles. The van der Waals surface area contributed by atoms with Crippen molar-refractivity contribution in [2.75, 3.05) is 45.8 Å². The Morgan fingerprint density at radius 2 is 1.61 bits per heavy atom. The van der Waals surface area contributed by atoms with Crippen LogP contribution in [-0.4, -0.2) is 67.4 Å². The zero-order valence-electron chi connectivity index (χ0n) is 13.7. The molecule has 0 atom stereocenters. The Morgan fingerprint density at radius 3 is 2.17 bits per heavy atom. The summed E-state index contributed by atoms with van der Waals surface area (Å²) in [6, 6.07) is 0. The highest BCUT2D eigenvalue weighted by atomic mass is 35.5. The maximum absolute atomic E-state index is 12.0. The molecule has 2 rings (SSSR count). The van der Waals surface area contributed by atoms with E-state index in [1.165, 1.54) is 38.6 Å². The standard InChI is InChI=1S/C15H28N4O2.2ClH/c16-10-14(20)17-11-15(21)19-8-6-18(7-9-19)12-13-4-2-1-3-5-13;;/h13H,1-12,16H2,(H,17,20);2*1H. The van der Waals surface area contributed by atoms with Crippen LogP contribution in [-0.2, 0) is 9.59 Å². The molecule has 0 spiro atoms. The van der Waals surface area contributed by atoms with Crippen molar-refractivity contribution in [3.63, 3.8) is 0 Å². The molecule has 3 N–H and O–H groups in total. The molecule has 0 radical (unpaired) electrons. The first kappa shape index (κ1) is 22.4. The van der Waals surface area contributed by atoms with Gasteiger partial charge in [-0.05, 0) is 18.8 Å². The summed E-state index contributed by atoms with van der Waals surface area (Å²) in [5.74, 6) is 0.568. The highest BCUT2D eigenvalue weighted by Gasteiger charge is 2.23. The van der Waals surface area contributed by atoms with Gasteiger partial charge in [-0.15, -0.1) is 24.8 Å². The number of halogens is 2. The van der Waals surface area contributed by atoms with Crippen LogP contribution in [0.1, 0.15) is 32.1 Å². The molecule has 6 nitrogen and oxygen atoms in total. The fraction of sp³-hybridized carbons (Fsp3) is 0.867. The summed E-state index contributed by atoms with van der Waals surface area (Å²) in [6.45, 7) is 4.63. The van der Waals surface area contributed by atoms with E-state index in [0.29, 0.717) is 0 Å². The van der Waals surface area contributed by atoms with Crippen molar-refractivity contribution in [3.8, 4) is 0 Å². The van der Waals surface area contributed by atoms with Gasteiger partial charge in [-0.25, -0.2) is 0 Å². The van der Waals surface area contributed by atoms with Crippen LogP contribution in [0.5, 0.6) is 0 Å². The monoisotopic (exact) mass is 368 g/mol. The fourth-order valence-electron chi connectivity index (χ4n) is 3.27. The zero-order chi connectivity index (χ0) is 15.1. The summed E-state index contributed by atoms with van der Waals surface area (Å²) < 4.78 is 0. The summed E-state index contributed by atoms with van der Waals surface area (Å²) in [4.78, 5) is 27.4. The average Bonchev–Trinajstić information content (AvgIpc) is 2.54. The van der Waals surface area contributed by atoms with Crippen molar-refractivity contribution < 1.29 is 9.59 Å². The summed E-state index contributed by atoms with van der Waals surface area (Å²) in [6.07, 6.45) is 6.88. The quantitative estimate of drug-likeness (QED) is 0.745. The van der Waals surface area contributed by atoms with Gasteiger partial charge < -0.3 is 16.0 Å². The van der Waals surface area contributed by atoms with Crippen LogP contribution in [0, 0.1) is 5.92 Å². The van der Waals surface area contributed by atoms with Crippen LogP contribution in [0.3, 0.4) is 0 Å². The van der Waals surface area contributed by atoms with Gasteiger partial charge in [0.15, 0.2) is 0 Å². The van der Waals surface area contributed by atoms with Gasteiger partial charge in [-0.1, -0.05) is 19.3 Å². The van der Waals surface area contributed by atoms with Gasteiger partial charge in [0.1, 0.15) is 0 Å². The lowest BCUT2D eigenvalue weighted by atomic mass is 9.89. The highest BCUT2D eigenvalue weighted by Crippen LogP contribution is 2.24. The fourth-order valence-corrected chi connectivity index (χ4v) is 3.27. The molecular formula is C15H30Cl2N4O2. The molecule has 2 amide bonds. The predicted molar refractivity (Wildman–Crippen MR) is 96.2 cm³/mol. The number of nitrogens with two attached hydrogens (primary N) is 1. The number of hydrogen-bond donors (Lipinski definition) is 2. The normalized spacial score (nSPS) is 19.4. The lowest BCUT2D eigenvalue weighted by molar-refractivity contribution is -0.134. The van der Waals surface area contributed by atoms with Gasteiger partial charge in [0.25, 0.3) is 0 Å². The van der Waals surface area contributed by atoms with Crippen LogP contribution >= 0.6 is 24.8 Å². The minimum absolute atomic E-state index is 0. The molecule has 1 saturated carbocycles. The maximum Gasteiger partial charge on any atom is 0.242 e. The minimum Gasteiger partial charge on any atom is -0.346 e. The molecule has 1 aliphatic carbocycles. The van der Waals surface area contributed by atoms with Crippen molar-refractivity contribution in [2.45, 2.75) is 32.1 Å². The van der Waals surface area contributed by atoms with E-state index in [-0.39, 0.29) is 49.7 Å². The molecule has 0 aromatic carbocycles. The zero-order valence-corrected chi connectivity index (χ0v) is 15.3.